The molecule has 2 aliphatic heterocycles. The Hall–Kier alpha value is -1.40. The molecule has 1 N–H and O–H groups in total. The topological polar surface area (TPSA) is 36.3 Å². The van der Waals surface area contributed by atoms with E-state index in [1.807, 2.05) is 6.20 Å². The number of nitrogens with zero attached hydrogens (tertiary/aromatic N) is 4. The minimum absolute atomic E-state index is 0. The monoisotopic (exact) mass is 347 g/mol. The normalized spacial score (nSPS) is 22.4. The molecule has 2 aromatic rings. The predicted octanol–water partition coefficient (Wildman–Crippen LogP) is 1.77. The van der Waals surface area contributed by atoms with Gasteiger partial charge in [-0.2, -0.15) is 0 Å². The van der Waals surface area contributed by atoms with E-state index >= 15 is 0 Å². The molecule has 1 atom stereocenters. The maximum atomic E-state index is 4.59. The van der Waals surface area contributed by atoms with Crippen molar-refractivity contribution in [3.63, 3.8) is 0 Å². The first-order valence-corrected chi connectivity index (χ1v) is 8.65. The van der Waals surface area contributed by atoms with Gasteiger partial charge in [0.25, 0.3) is 0 Å². The summed E-state index contributed by atoms with van der Waals surface area (Å²) in [5, 5.41) is 3.44. The van der Waals surface area contributed by atoms with Crippen molar-refractivity contribution < 1.29 is 0 Å². The van der Waals surface area contributed by atoms with Crippen molar-refractivity contribution in [3.8, 4) is 5.69 Å². The van der Waals surface area contributed by atoms with Gasteiger partial charge < -0.3 is 9.88 Å². The molecular weight excluding hydrogens is 322 g/mol. The van der Waals surface area contributed by atoms with Crippen LogP contribution in [-0.4, -0.2) is 64.7 Å². The molecule has 4 rings (SSSR count). The molecule has 2 fully saturated rings. The Morgan fingerprint density at radius 2 is 1.88 bits per heavy atom. The molecule has 3 heterocycles. The fourth-order valence-corrected chi connectivity index (χ4v) is 3.78. The molecular formula is C18H26ClN5. The first-order valence-electron chi connectivity index (χ1n) is 8.65. The van der Waals surface area contributed by atoms with Crippen LogP contribution < -0.4 is 5.32 Å². The number of benzene rings is 1. The Kier molecular flexibility index (Phi) is 5.89. The molecule has 2 aliphatic rings. The first-order chi connectivity index (χ1) is 11.4. The van der Waals surface area contributed by atoms with E-state index in [1.54, 1.807) is 0 Å². The van der Waals surface area contributed by atoms with E-state index in [1.165, 1.54) is 38.3 Å². The van der Waals surface area contributed by atoms with E-state index in [-0.39, 0.29) is 12.4 Å². The van der Waals surface area contributed by atoms with Crippen molar-refractivity contribution in [1.82, 2.24) is 24.7 Å². The van der Waals surface area contributed by atoms with Gasteiger partial charge >= 0.3 is 0 Å². The number of para-hydroxylation sites is 1. The Labute approximate surface area is 150 Å². The highest BCUT2D eigenvalue weighted by atomic mass is 35.5. The van der Waals surface area contributed by atoms with Crippen molar-refractivity contribution in [2.24, 2.45) is 0 Å². The average molecular weight is 348 g/mol. The third-order valence-corrected chi connectivity index (χ3v) is 5.03. The van der Waals surface area contributed by atoms with Crippen LogP contribution in [0.3, 0.4) is 0 Å². The van der Waals surface area contributed by atoms with Crippen LogP contribution in [0.2, 0.25) is 0 Å². The van der Waals surface area contributed by atoms with Crippen molar-refractivity contribution >= 4 is 12.4 Å². The fraction of sp³-hybridized carbons (Fsp3) is 0.500. The van der Waals surface area contributed by atoms with Crippen molar-refractivity contribution in [2.45, 2.75) is 19.0 Å². The summed E-state index contributed by atoms with van der Waals surface area (Å²) in [5.74, 6) is 1.14. The lowest BCUT2D eigenvalue weighted by molar-refractivity contribution is 0.170. The largest absolute Gasteiger partial charge is 0.314 e. The summed E-state index contributed by atoms with van der Waals surface area (Å²) in [6, 6.07) is 11.2. The number of hydrogen-bond acceptors (Lipinski definition) is 4. The number of rotatable bonds is 4. The van der Waals surface area contributed by atoms with E-state index in [4.69, 9.17) is 0 Å². The van der Waals surface area contributed by atoms with Crippen molar-refractivity contribution in [3.05, 3.63) is 48.5 Å². The third-order valence-electron chi connectivity index (χ3n) is 5.03. The highest BCUT2D eigenvalue weighted by molar-refractivity contribution is 5.85. The summed E-state index contributed by atoms with van der Waals surface area (Å²) in [7, 11) is 0. The number of imidazole rings is 1. The molecule has 24 heavy (non-hydrogen) atoms. The summed E-state index contributed by atoms with van der Waals surface area (Å²) in [5.41, 5.74) is 1.19. The number of piperazine rings is 1. The number of nitrogens with one attached hydrogen (secondary N) is 1. The van der Waals surface area contributed by atoms with Gasteiger partial charge in [-0.1, -0.05) is 18.2 Å². The minimum Gasteiger partial charge on any atom is -0.314 e. The maximum absolute atomic E-state index is 4.59. The molecule has 0 radical (unpaired) electrons. The van der Waals surface area contributed by atoms with E-state index in [2.05, 4.69) is 61.2 Å². The van der Waals surface area contributed by atoms with Gasteiger partial charge in [0.2, 0.25) is 0 Å². The van der Waals surface area contributed by atoms with Crippen LogP contribution in [0.5, 0.6) is 0 Å². The second-order valence-corrected chi connectivity index (χ2v) is 6.51. The summed E-state index contributed by atoms with van der Waals surface area (Å²) < 4.78 is 2.21. The van der Waals surface area contributed by atoms with Gasteiger partial charge in [-0.15, -0.1) is 12.4 Å². The third kappa shape index (κ3) is 3.81. The smallest absolute Gasteiger partial charge is 0.127 e. The van der Waals surface area contributed by atoms with Gasteiger partial charge in [-0.3, -0.25) is 9.80 Å². The summed E-state index contributed by atoms with van der Waals surface area (Å²) in [6.45, 7) is 7.93. The zero-order valence-electron chi connectivity index (χ0n) is 14.0. The Morgan fingerprint density at radius 1 is 1.08 bits per heavy atom. The second-order valence-electron chi connectivity index (χ2n) is 6.51. The molecule has 0 bridgehead atoms. The van der Waals surface area contributed by atoms with Crippen LogP contribution in [0.1, 0.15) is 12.2 Å². The Morgan fingerprint density at radius 3 is 2.67 bits per heavy atom. The second kappa shape index (κ2) is 8.12. The molecule has 2 saturated heterocycles. The van der Waals surface area contributed by atoms with Crippen LogP contribution in [0, 0.1) is 0 Å². The number of halogens is 1. The van der Waals surface area contributed by atoms with Crippen molar-refractivity contribution in [1.29, 1.82) is 0 Å². The molecule has 1 aromatic carbocycles. The Bertz CT molecular complexity index is 623. The van der Waals surface area contributed by atoms with Crippen LogP contribution in [0.15, 0.2) is 42.7 Å². The van der Waals surface area contributed by atoms with E-state index < -0.39 is 0 Å². The SMILES string of the molecule is Cl.c1ccc(-n2ccnc2CN2CCC(N3CCNCC3)C2)cc1. The standard InChI is InChI=1S/C18H25N5.ClH/c1-2-4-16(5-3-1)23-13-9-20-18(23)15-21-10-6-17(14-21)22-11-7-19-8-12-22;/h1-5,9,13,17,19H,6-8,10-12,14-15H2;1H. The summed E-state index contributed by atoms with van der Waals surface area (Å²) in [4.78, 5) is 9.79. The molecule has 1 unspecified atom stereocenters. The lowest BCUT2D eigenvalue weighted by Gasteiger charge is -2.32. The van der Waals surface area contributed by atoms with Gasteiger partial charge in [0.15, 0.2) is 0 Å². The predicted molar refractivity (Wildman–Crippen MR) is 98.9 cm³/mol. The fourth-order valence-electron chi connectivity index (χ4n) is 3.78. The maximum Gasteiger partial charge on any atom is 0.127 e. The quantitative estimate of drug-likeness (QED) is 0.914. The van der Waals surface area contributed by atoms with Crippen LogP contribution >= 0.6 is 12.4 Å². The van der Waals surface area contributed by atoms with Crippen LogP contribution in [0.25, 0.3) is 5.69 Å². The Balaban J connectivity index is 0.00000169. The highest BCUT2D eigenvalue weighted by Gasteiger charge is 2.28. The lowest BCUT2D eigenvalue weighted by atomic mass is 10.2. The summed E-state index contributed by atoms with van der Waals surface area (Å²) in [6.07, 6.45) is 5.26. The van der Waals surface area contributed by atoms with Gasteiger partial charge in [-0.25, -0.2) is 4.98 Å². The molecule has 0 spiro atoms. The minimum atomic E-state index is 0. The van der Waals surface area contributed by atoms with Crippen LogP contribution in [-0.2, 0) is 6.54 Å². The number of likely N-dealkylation sites (tertiary alicyclic amines) is 1. The molecule has 1 aromatic heterocycles. The van der Waals surface area contributed by atoms with E-state index in [0.717, 1.165) is 31.5 Å². The van der Waals surface area contributed by atoms with Gasteiger partial charge in [0.1, 0.15) is 5.82 Å². The van der Waals surface area contributed by atoms with E-state index in [0.29, 0.717) is 0 Å². The molecule has 0 amide bonds. The summed E-state index contributed by atoms with van der Waals surface area (Å²) >= 11 is 0. The van der Waals surface area contributed by atoms with Gasteiger partial charge in [0, 0.05) is 63.4 Å². The molecule has 6 heteroatoms. The van der Waals surface area contributed by atoms with Gasteiger partial charge in [-0.05, 0) is 18.6 Å². The van der Waals surface area contributed by atoms with Gasteiger partial charge in [0.05, 0.1) is 6.54 Å². The molecule has 5 nitrogen and oxygen atoms in total. The molecule has 0 aliphatic carbocycles. The molecule has 130 valence electrons. The van der Waals surface area contributed by atoms with Crippen molar-refractivity contribution in [2.75, 3.05) is 39.3 Å². The molecule has 0 saturated carbocycles. The zero-order chi connectivity index (χ0) is 15.5. The first kappa shape index (κ1) is 17.4. The number of aromatic nitrogens is 2. The number of hydrogen-bond donors (Lipinski definition) is 1. The average Bonchev–Trinajstić information content (AvgIpc) is 3.26. The van der Waals surface area contributed by atoms with Crippen LogP contribution in [0.4, 0.5) is 0 Å². The highest BCUT2D eigenvalue weighted by Crippen LogP contribution is 2.19. The lowest BCUT2D eigenvalue weighted by Crippen LogP contribution is -2.49. The van der Waals surface area contributed by atoms with E-state index in [9.17, 15) is 0 Å². The zero-order valence-corrected chi connectivity index (χ0v) is 14.8.